The Kier molecular flexibility index (Phi) is 6.44. The maximum Gasteiger partial charge on any atom is 0.237 e. The minimum atomic E-state index is -0.330. The van der Waals surface area contributed by atoms with Gasteiger partial charge in [-0.3, -0.25) is 9.36 Å². The van der Waals surface area contributed by atoms with Crippen LogP contribution in [0.5, 0.6) is 0 Å². The molecule has 31 heavy (non-hydrogen) atoms. The highest BCUT2D eigenvalue weighted by Gasteiger charge is 2.21. The van der Waals surface area contributed by atoms with Crippen molar-refractivity contribution in [1.82, 2.24) is 9.55 Å². The molecule has 3 aromatic carbocycles. The summed E-state index contributed by atoms with van der Waals surface area (Å²) >= 11 is 7.52. The molecule has 0 radical (unpaired) electrons. The molecule has 156 valence electrons. The molecule has 0 saturated heterocycles. The number of hydrogen-bond acceptors (Lipinski definition) is 3. The Morgan fingerprint density at radius 3 is 2.39 bits per heavy atom. The first-order chi connectivity index (χ1) is 15.0. The Bertz CT molecular complexity index is 1190. The summed E-state index contributed by atoms with van der Waals surface area (Å²) in [6.07, 6.45) is 1.85. The largest absolute Gasteiger partial charge is 0.325 e. The van der Waals surface area contributed by atoms with Gasteiger partial charge in [0.05, 0.1) is 22.8 Å². The molecule has 4 nitrogen and oxygen atoms in total. The number of nitrogens with one attached hydrogen (secondary N) is 1. The lowest BCUT2D eigenvalue weighted by Crippen LogP contribution is -2.22. The van der Waals surface area contributed by atoms with Crippen molar-refractivity contribution < 1.29 is 4.79 Å². The molecule has 1 heterocycles. The second kappa shape index (κ2) is 9.41. The van der Waals surface area contributed by atoms with Crippen molar-refractivity contribution in [2.75, 3.05) is 5.32 Å². The summed E-state index contributed by atoms with van der Waals surface area (Å²) in [7, 11) is 0. The Balaban J connectivity index is 1.68. The number of amides is 1. The van der Waals surface area contributed by atoms with E-state index in [4.69, 9.17) is 11.6 Å². The molecule has 0 aliphatic carbocycles. The van der Waals surface area contributed by atoms with Gasteiger partial charge in [-0.1, -0.05) is 71.9 Å². The lowest BCUT2D eigenvalue weighted by atomic mass is 10.1. The van der Waals surface area contributed by atoms with Gasteiger partial charge in [0.15, 0.2) is 5.16 Å². The van der Waals surface area contributed by atoms with Gasteiger partial charge >= 0.3 is 0 Å². The highest BCUT2D eigenvalue weighted by Crippen LogP contribution is 2.33. The van der Waals surface area contributed by atoms with E-state index >= 15 is 0 Å². The molecule has 4 aromatic rings. The average Bonchev–Trinajstić information content (AvgIpc) is 3.18. The average molecular weight is 448 g/mol. The predicted octanol–water partition coefficient (Wildman–Crippen LogP) is 6.62. The normalized spacial score (nSPS) is 11.8. The number of nitrogens with zero attached hydrogens (tertiary/aromatic N) is 2. The van der Waals surface area contributed by atoms with Crippen LogP contribution in [-0.4, -0.2) is 20.7 Å². The van der Waals surface area contributed by atoms with Crippen LogP contribution in [0.1, 0.15) is 12.5 Å². The van der Waals surface area contributed by atoms with Crippen molar-refractivity contribution in [3.05, 3.63) is 95.6 Å². The molecule has 1 aromatic heterocycles. The molecule has 0 aliphatic heterocycles. The van der Waals surface area contributed by atoms with Crippen LogP contribution in [0.25, 0.3) is 16.9 Å². The highest BCUT2D eigenvalue weighted by molar-refractivity contribution is 8.00. The third-order valence-corrected chi connectivity index (χ3v) is 6.24. The lowest BCUT2D eigenvalue weighted by molar-refractivity contribution is -0.115. The van der Waals surface area contributed by atoms with Crippen molar-refractivity contribution in [1.29, 1.82) is 0 Å². The summed E-state index contributed by atoms with van der Waals surface area (Å²) in [5.74, 6) is -0.0661. The zero-order valence-electron chi connectivity index (χ0n) is 17.2. The molecule has 1 amide bonds. The van der Waals surface area contributed by atoms with E-state index in [1.807, 2.05) is 79.9 Å². The number of imidazole rings is 1. The molecule has 1 N–H and O–H groups in total. The van der Waals surface area contributed by atoms with Gasteiger partial charge in [0.2, 0.25) is 5.91 Å². The number of benzene rings is 3. The Morgan fingerprint density at radius 2 is 1.68 bits per heavy atom. The molecular formula is C25H22ClN3OS. The van der Waals surface area contributed by atoms with Crippen LogP contribution >= 0.6 is 23.4 Å². The zero-order chi connectivity index (χ0) is 21.8. The smallest absolute Gasteiger partial charge is 0.237 e. The fourth-order valence-electron chi connectivity index (χ4n) is 3.27. The Hall–Kier alpha value is -3.02. The Labute approximate surface area is 191 Å². The quantitative estimate of drug-likeness (QED) is 0.338. The second-order valence-electron chi connectivity index (χ2n) is 7.17. The van der Waals surface area contributed by atoms with Crippen molar-refractivity contribution in [3.63, 3.8) is 0 Å². The van der Waals surface area contributed by atoms with Crippen LogP contribution in [0.4, 0.5) is 5.69 Å². The fraction of sp³-hybridized carbons (Fsp3) is 0.120. The van der Waals surface area contributed by atoms with Gasteiger partial charge in [-0.05, 0) is 49.7 Å². The van der Waals surface area contributed by atoms with Gasteiger partial charge in [0.1, 0.15) is 0 Å². The van der Waals surface area contributed by atoms with Crippen molar-refractivity contribution >= 4 is 35.0 Å². The van der Waals surface area contributed by atoms with E-state index in [0.29, 0.717) is 5.02 Å². The number of rotatable bonds is 6. The molecule has 4 rings (SSSR count). The summed E-state index contributed by atoms with van der Waals surface area (Å²) in [6, 6.07) is 25.3. The van der Waals surface area contributed by atoms with E-state index < -0.39 is 0 Å². The Morgan fingerprint density at radius 1 is 1.00 bits per heavy atom. The number of hydrogen-bond donors (Lipinski definition) is 1. The topological polar surface area (TPSA) is 46.9 Å². The number of carbonyl (C=O) groups is 1. The monoisotopic (exact) mass is 447 g/mol. The molecule has 0 aliphatic rings. The molecular weight excluding hydrogens is 426 g/mol. The molecule has 0 spiro atoms. The van der Waals surface area contributed by atoms with E-state index in [1.54, 1.807) is 0 Å². The summed E-state index contributed by atoms with van der Waals surface area (Å²) in [5, 5.41) is 4.08. The van der Waals surface area contributed by atoms with Gasteiger partial charge in [0.25, 0.3) is 0 Å². The van der Waals surface area contributed by atoms with Crippen LogP contribution in [-0.2, 0) is 4.79 Å². The van der Waals surface area contributed by atoms with E-state index in [1.165, 1.54) is 11.8 Å². The summed E-state index contributed by atoms with van der Waals surface area (Å²) < 4.78 is 2.11. The van der Waals surface area contributed by atoms with E-state index in [0.717, 1.165) is 33.4 Å². The van der Waals surface area contributed by atoms with E-state index in [9.17, 15) is 4.79 Å². The van der Waals surface area contributed by atoms with Gasteiger partial charge in [-0.2, -0.15) is 0 Å². The van der Waals surface area contributed by atoms with E-state index in [2.05, 4.69) is 33.9 Å². The van der Waals surface area contributed by atoms with Gasteiger partial charge in [0, 0.05) is 16.3 Å². The highest BCUT2D eigenvalue weighted by atomic mass is 35.5. The SMILES string of the molecule is Cc1ccccc1-n1c(-c2ccc(Cl)cc2)cnc1S[C@@H](C)C(=O)Nc1ccccc1. The minimum absolute atomic E-state index is 0.0661. The number of para-hydroxylation sites is 2. The number of thioether (sulfide) groups is 1. The van der Waals surface area contributed by atoms with Crippen LogP contribution < -0.4 is 5.32 Å². The molecule has 0 fully saturated rings. The molecule has 0 saturated carbocycles. The molecule has 6 heteroatoms. The first-order valence-corrected chi connectivity index (χ1v) is 11.2. The number of anilines is 1. The third-order valence-electron chi connectivity index (χ3n) is 4.92. The first kappa shape index (κ1) is 21.2. The molecule has 0 unspecified atom stereocenters. The molecule has 1 atom stereocenters. The van der Waals surface area contributed by atoms with Crippen molar-refractivity contribution in [2.45, 2.75) is 24.3 Å². The first-order valence-electron chi connectivity index (χ1n) is 9.95. The maximum atomic E-state index is 12.8. The van der Waals surface area contributed by atoms with E-state index in [-0.39, 0.29) is 11.2 Å². The van der Waals surface area contributed by atoms with Gasteiger partial charge in [-0.25, -0.2) is 4.98 Å². The van der Waals surface area contributed by atoms with Crippen LogP contribution in [0, 0.1) is 6.92 Å². The number of halogens is 1. The standard InChI is InChI=1S/C25H22ClN3OS/c1-17-8-6-7-11-22(17)29-23(19-12-14-20(26)15-13-19)16-27-25(29)31-18(2)24(30)28-21-9-4-3-5-10-21/h3-16,18H,1-2H3,(H,28,30)/t18-/m0/s1. The minimum Gasteiger partial charge on any atom is -0.325 e. The van der Waals surface area contributed by atoms with Gasteiger partial charge < -0.3 is 5.32 Å². The van der Waals surface area contributed by atoms with Crippen molar-refractivity contribution in [2.24, 2.45) is 0 Å². The lowest BCUT2D eigenvalue weighted by Gasteiger charge is -2.16. The zero-order valence-corrected chi connectivity index (χ0v) is 18.8. The number of aryl methyl sites for hydroxylation is 1. The van der Waals surface area contributed by atoms with Crippen molar-refractivity contribution in [3.8, 4) is 16.9 Å². The third kappa shape index (κ3) is 4.84. The number of carbonyl (C=O) groups excluding carboxylic acids is 1. The summed E-state index contributed by atoms with van der Waals surface area (Å²) in [4.78, 5) is 17.4. The van der Waals surface area contributed by atoms with Crippen LogP contribution in [0.3, 0.4) is 0 Å². The summed E-state index contributed by atoms with van der Waals surface area (Å²) in [6.45, 7) is 3.96. The van der Waals surface area contributed by atoms with Crippen LogP contribution in [0.15, 0.2) is 90.2 Å². The predicted molar refractivity (Wildman–Crippen MR) is 129 cm³/mol. The fourth-order valence-corrected chi connectivity index (χ4v) is 4.29. The van der Waals surface area contributed by atoms with Crippen LogP contribution in [0.2, 0.25) is 5.02 Å². The number of aromatic nitrogens is 2. The second-order valence-corrected chi connectivity index (χ2v) is 8.91. The summed E-state index contributed by atoms with van der Waals surface area (Å²) in [5.41, 5.74) is 4.89. The maximum absolute atomic E-state index is 12.8. The molecule has 0 bridgehead atoms. The van der Waals surface area contributed by atoms with Gasteiger partial charge in [-0.15, -0.1) is 0 Å².